The van der Waals surface area contributed by atoms with Gasteiger partial charge in [0.25, 0.3) is 0 Å². The van der Waals surface area contributed by atoms with Crippen molar-refractivity contribution < 1.29 is 5.11 Å². The van der Waals surface area contributed by atoms with Crippen molar-refractivity contribution in [1.82, 2.24) is 5.32 Å². The van der Waals surface area contributed by atoms with Crippen molar-refractivity contribution in [3.63, 3.8) is 0 Å². The topological polar surface area (TPSA) is 32.3 Å². The van der Waals surface area contributed by atoms with Gasteiger partial charge < -0.3 is 10.4 Å². The largest absolute Gasteiger partial charge is 0.507 e. The third kappa shape index (κ3) is 2.54. The fraction of sp³-hybridized carbons (Fsp3) is 0.294. The molecule has 2 aromatic carbocycles. The van der Waals surface area contributed by atoms with Crippen LogP contribution in [-0.4, -0.2) is 18.2 Å². The van der Waals surface area contributed by atoms with Gasteiger partial charge in [0.2, 0.25) is 0 Å². The van der Waals surface area contributed by atoms with Gasteiger partial charge in [0, 0.05) is 10.6 Å². The van der Waals surface area contributed by atoms with Crippen LogP contribution in [0, 0.1) is 6.92 Å². The average molecular weight is 288 g/mol. The number of rotatable bonds is 1. The molecule has 0 unspecified atom stereocenters. The molecule has 0 amide bonds. The highest BCUT2D eigenvalue weighted by Crippen LogP contribution is 2.34. The maximum absolute atomic E-state index is 10.3. The van der Waals surface area contributed by atoms with Gasteiger partial charge in [-0.3, -0.25) is 0 Å². The van der Waals surface area contributed by atoms with Gasteiger partial charge in [-0.1, -0.05) is 17.7 Å². The number of halogens is 1. The maximum atomic E-state index is 10.3. The summed E-state index contributed by atoms with van der Waals surface area (Å²) in [6.45, 7) is 3.96. The van der Waals surface area contributed by atoms with Crippen LogP contribution in [0.1, 0.15) is 16.7 Å². The van der Waals surface area contributed by atoms with E-state index in [9.17, 15) is 5.11 Å². The lowest BCUT2D eigenvalue weighted by Crippen LogP contribution is -2.16. The number of aromatic hydroxyl groups is 1. The van der Waals surface area contributed by atoms with Crippen LogP contribution in [0.2, 0.25) is 5.02 Å². The minimum absolute atomic E-state index is 0.354. The first kappa shape index (κ1) is 13.5. The molecule has 0 radical (unpaired) electrons. The van der Waals surface area contributed by atoms with Gasteiger partial charge in [-0.2, -0.15) is 0 Å². The van der Waals surface area contributed by atoms with Crippen molar-refractivity contribution in [3.8, 4) is 16.9 Å². The Balaban J connectivity index is 2.09. The van der Waals surface area contributed by atoms with E-state index in [1.54, 1.807) is 0 Å². The number of aryl methyl sites for hydroxylation is 1. The molecule has 2 N–H and O–H groups in total. The Hall–Kier alpha value is -1.51. The SMILES string of the molecule is Cc1cc(-c2cc3c(cc2O)CCNCC3)ccc1Cl. The fourth-order valence-electron chi connectivity index (χ4n) is 2.76. The second kappa shape index (κ2) is 5.47. The Labute approximate surface area is 124 Å². The van der Waals surface area contributed by atoms with E-state index in [-0.39, 0.29) is 0 Å². The number of phenols is 1. The number of phenolic OH excluding ortho intramolecular Hbond substituents is 1. The lowest BCUT2D eigenvalue weighted by atomic mass is 9.95. The van der Waals surface area contributed by atoms with Gasteiger partial charge in [0.05, 0.1) is 0 Å². The molecular formula is C17H18ClNO. The van der Waals surface area contributed by atoms with E-state index >= 15 is 0 Å². The third-order valence-electron chi connectivity index (χ3n) is 3.93. The predicted molar refractivity (Wildman–Crippen MR) is 83.6 cm³/mol. The quantitative estimate of drug-likeness (QED) is 0.838. The molecule has 0 saturated carbocycles. The summed E-state index contributed by atoms with van der Waals surface area (Å²) in [5.74, 6) is 0.354. The molecule has 0 saturated heterocycles. The lowest BCUT2D eigenvalue weighted by molar-refractivity contribution is 0.476. The molecule has 3 rings (SSSR count). The summed E-state index contributed by atoms with van der Waals surface area (Å²) >= 11 is 6.07. The molecule has 0 fully saturated rings. The zero-order valence-electron chi connectivity index (χ0n) is 11.5. The minimum atomic E-state index is 0.354. The van der Waals surface area contributed by atoms with Crippen molar-refractivity contribution >= 4 is 11.6 Å². The molecule has 3 heteroatoms. The van der Waals surface area contributed by atoms with E-state index in [1.807, 2.05) is 31.2 Å². The van der Waals surface area contributed by atoms with Crippen molar-refractivity contribution in [2.24, 2.45) is 0 Å². The van der Waals surface area contributed by atoms with Crippen LogP contribution in [-0.2, 0) is 12.8 Å². The zero-order valence-corrected chi connectivity index (χ0v) is 12.3. The van der Waals surface area contributed by atoms with Crippen LogP contribution in [0.15, 0.2) is 30.3 Å². The lowest BCUT2D eigenvalue weighted by Gasteiger charge is -2.12. The van der Waals surface area contributed by atoms with Crippen LogP contribution in [0.5, 0.6) is 5.75 Å². The first-order valence-corrected chi connectivity index (χ1v) is 7.35. The summed E-state index contributed by atoms with van der Waals surface area (Å²) in [4.78, 5) is 0. The molecule has 2 aromatic rings. The Morgan fingerprint density at radius 2 is 1.75 bits per heavy atom. The first-order chi connectivity index (χ1) is 9.65. The molecule has 0 atom stereocenters. The average Bonchev–Trinajstić information content (AvgIpc) is 2.66. The Morgan fingerprint density at radius 3 is 2.45 bits per heavy atom. The molecule has 20 heavy (non-hydrogen) atoms. The molecule has 0 aliphatic carbocycles. The summed E-state index contributed by atoms with van der Waals surface area (Å²) in [6, 6.07) is 9.92. The molecule has 0 bridgehead atoms. The van der Waals surface area contributed by atoms with Gasteiger partial charge >= 0.3 is 0 Å². The number of hydrogen-bond acceptors (Lipinski definition) is 2. The van der Waals surface area contributed by atoms with E-state index in [0.29, 0.717) is 5.75 Å². The summed E-state index contributed by atoms with van der Waals surface area (Å²) < 4.78 is 0. The van der Waals surface area contributed by atoms with Crippen LogP contribution >= 0.6 is 11.6 Å². The number of nitrogens with one attached hydrogen (secondary N) is 1. The predicted octanol–water partition coefficient (Wildman–Crippen LogP) is 3.71. The fourth-order valence-corrected chi connectivity index (χ4v) is 2.87. The molecule has 1 aliphatic heterocycles. The second-order valence-electron chi connectivity index (χ2n) is 5.35. The number of fused-ring (bicyclic) bond motifs is 1. The van der Waals surface area contributed by atoms with Crippen LogP contribution in [0.3, 0.4) is 0 Å². The van der Waals surface area contributed by atoms with Crippen molar-refractivity contribution in [1.29, 1.82) is 0 Å². The van der Waals surface area contributed by atoms with E-state index in [1.165, 1.54) is 11.1 Å². The Kier molecular flexibility index (Phi) is 3.68. The summed E-state index contributed by atoms with van der Waals surface area (Å²) in [5, 5.41) is 14.5. The second-order valence-corrected chi connectivity index (χ2v) is 5.76. The van der Waals surface area contributed by atoms with E-state index in [2.05, 4.69) is 11.4 Å². The van der Waals surface area contributed by atoms with Crippen LogP contribution in [0.25, 0.3) is 11.1 Å². The smallest absolute Gasteiger partial charge is 0.123 e. The molecular weight excluding hydrogens is 270 g/mol. The standard InChI is InChI=1S/C17H18ClNO/c1-11-8-14(2-3-16(11)18)15-9-12-4-6-19-7-5-13(12)10-17(15)20/h2-3,8-10,19-20H,4-7H2,1H3. The maximum Gasteiger partial charge on any atom is 0.123 e. The molecule has 1 heterocycles. The van der Waals surface area contributed by atoms with E-state index in [0.717, 1.165) is 47.6 Å². The summed E-state index contributed by atoms with van der Waals surface area (Å²) in [6.07, 6.45) is 1.98. The zero-order chi connectivity index (χ0) is 14.1. The van der Waals surface area contributed by atoms with Crippen molar-refractivity contribution in [2.75, 3.05) is 13.1 Å². The molecule has 0 aromatic heterocycles. The Morgan fingerprint density at radius 1 is 1.05 bits per heavy atom. The van der Waals surface area contributed by atoms with Crippen LogP contribution < -0.4 is 5.32 Å². The Bertz CT molecular complexity index is 652. The molecule has 104 valence electrons. The van der Waals surface area contributed by atoms with Gasteiger partial charge in [0.1, 0.15) is 5.75 Å². The van der Waals surface area contributed by atoms with Gasteiger partial charge in [-0.15, -0.1) is 0 Å². The highest BCUT2D eigenvalue weighted by Gasteiger charge is 2.13. The molecule has 1 aliphatic rings. The molecule has 2 nitrogen and oxygen atoms in total. The van der Waals surface area contributed by atoms with E-state index < -0.39 is 0 Å². The summed E-state index contributed by atoms with van der Waals surface area (Å²) in [7, 11) is 0. The number of benzene rings is 2. The van der Waals surface area contributed by atoms with Gasteiger partial charge in [-0.05, 0) is 79.4 Å². The summed E-state index contributed by atoms with van der Waals surface area (Å²) in [5.41, 5.74) is 5.52. The first-order valence-electron chi connectivity index (χ1n) is 6.97. The van der Waals surface area contributed by atoms with Gasteiger partial charge in [0.15, 0.2) is 0 Å². The van der Waals surface area contributed by atoms with Gasteiger partial charge in [-0.25, -0.2) is 0 Å². The van der Waals surface area contributed by atoms with Crippen molar-refractivity contribution in [3.05, 3.63) is 52.0 Å². The molecule has 0 spiro atoms. The van der Waals surface area contributed by atoms with E-state index in [4.69, 9.17) is 11.6 Å². The van der Waals surface area contributed by atoms with Crippen LogP contribution in [0.4, 0.5) is 0 Å². The highest BCUT2D eigenvalue weighted by atomic mass is 35.5. The highest BCUT2D eigenvalue weighted by molar-refractivity contribution is 6.31. The monoisotopic (exact) mass is 287 g/mol. The van der Waals surface area contributed by atoms with Crippen molar-refractivity contribution in [2.45, 2.75) is 19.8 Å². The number of hydrogen-bond donors (Lipinski definition) is 2. The third-order valence-corrected chi connectivity index (χ3v) is 4.35. The normalized spacial score (nSPS) is 14.7. The minimum Gasteiger partial charge on any atom is -0.507 e.